The SMILES string of the molecule is C/C=N\C(=N/N)C(C)N. The van der Waals surface area contributed by atoms with Crippen molar-refractivity contribution in [1.29, 1.82) is 0 Å². The third kappa shape index (κ3) is 2.81. The van der Waals surface area contributed by atoms with Gasteiger partial charge in [0.25, 0.3) is 0 Å². The highest BCUT2D eigenvalue weighted by molar-refractivity contribution is 5.92. The van der Waals surface area contributed by atoms with Gasteiger partial charge < -0.3 is 11.6 Å². The lowest BCUT2D eigenvalue weighted by Crippen LogP contribution is -2.26. The lowest BCUT2D eigenvalue weighted by Gasteiger charge is -2.00. The van der Waals surface area contributed by atoms with E-state index in [1.54, 1.807) is 20.1 Å². The van der Waals surface area contributed by atoms with E-state index in [4.69, 9.17) is 11.6 Å². The number of rotatable bonds is 1. The molecule has 0 amide bonds. The van der Waals surface area contributed by atoms with Crippen LogP contribution in [0.5, 0.6) is 0 Å². The Balaban J connectivity index is 4.01. The maximum absolute atomic E-state index is 5.41. The van der Waals surface area contributed by atoms with Gasteiger partial charge in [0.05, 0.1) is 6.04 Å². The standard InChI is InChI=1S/C5H12N4/c1-3-8-5(9-7)4(2)6/h3-4H,6-7H2,1-2H3/b8-3-,9-5-. The van der Waals surface area contributed by atoms with E-state index in [1.165, 1.54) is 0 Å². The molecule has 9 heavy (non-hydrogen) atoms. The first-order valence-electron chi connectivity index (χ1n) is 2.74. The highest BCUT2D eigenvalue weighted by atomic mass is 15.2. The fourth-order valence-electron chi connectivity index (χ4n) is 0.401. The molecular weight excluding hydrogens is 116 g/mol. The molecule has 0 aromatic rings. The van der Waals surface area contributed by atoms with Crippen molar-refractivity contribution < 1.29 is 0 Å². The molecule has 4 heteroatoms. The second-order valence-electron chi connectivity index (χ2n) is 1.66. The summed E-state index contributed by atoms with van der Waals surface area (Å²) >= 11 is 0. The van der Waals surface area contributed by atoms with E-state index in [2.05, 4.69) is 10.1 Å². The van der Waals surface area contributed by atoms with Crippen molar-refractivity contribution in [1.82, 2.24) is 0 Å². The van der Waals surface area contributed by atoms with Crippen LogP contribution in [0.4, 0.5) is 0 Å². The first-order valence-corrected chi connectivity index (χ1v) is 2.74. The van der Waals surface area contributed by atoms with Crippen LogP contribution in [0.15, 0.2) is 10.1 Å². The number of aliphatic imine (C=N–C) groups is 1. The van der Waals surface area contributed by atoms with Crippen molar-refractivity contribution in [2.45, 2.75) is 19.9 Å². The summed E-state index contributed by atoms with van der Waals surface area (Å²) in [6, 6.07) is -0.189. The van der Waals surface area contributed by atoms with Gasteiger partial charge in [0.2, 0.25) is 0 Å². The first kappa shape index (κ1) is 8.10. The van der Waals surface area contributed by atoms with Gasteiger partial charge in [-0.05, 0) is 13.8 Å². The highest BCUT2D eigenvalue weighted by Crippen LogP contribution is 1.82. The summed E-state index contributed by atoms with van der Waals surface area (Å²) in [7, 11) is 0. The monoisotopic (exact) mass is 128 g/mol. The molecule has 4 nitrogen and oxygen atoms in total. The fraction of sp³-hybridized carbons (Fsp3) is 0.600. The van der Waals surface area contributed by atoms with Crippen molar-refractivity contribution in [3.05, 3.63) is 0 Å². The predicted octanol–water partition coefficient (Wildman–Crippen LogP) is -0.303. The largest absolute Gasteiger partial charge is 0.322 e. The fourth-order valence-corrected chi connectivity index (χ4v) is 0.401. The molecule has 1 unspecified atom stereocenters. The molecule has 0 saturated heterocycles. The Hall–Kier alpha value is -0.900. The van der Waals surface area contributed by atoms with E-state index in [1.807, 2.05) is 0 Å². The number of hydrogen-bond acceptors (Lipinski definition) is 3. The third-order valence-electron chi connectivity index (χ3n) is 0.801. The summed E-state index contributed by atoms with van der Waals surface area (Å²) in [6.07, 6.45) is 1.61. The molecule has 0 aliphatic rings. The Labute approximate surface area is 54.6 Å². The Morgan fingerprint density at radius 1 is 1.67 bits per heavy atom. The van der Waals surface area contributed by atoms with Crippen LogP contribution in [-0.4, -0.2) is 18.1 Å². The zero-order valence-corrected chi connectivity index (χ0v) is 5.70. The quantitative estimate of drug-likeness (QED) is 0.220. The van der Waals surface area contributed by atoms with Crippen LogP contribution in [-0.2, 0) is 0 Å². The topological polar surface area (TPSA) is 76.8 Å². The second-order valence-corrected chi connectivity index (χ2v) is 1.66. The maximum Gasteiger partial charge on any atom is 0.164 e. The van der Waals surface area contributed by atoms with Crippen LogP contribution >= 0.6 is 0 Å². The van der Waals surface area contributed by atoms with Crippen molar-refractivity contribution in [2.75, 3.05) is 0 Å². The van der Waals surface area contributed by atoms with Gasteiger partial charge in [0, 0.05) is 6.21 Å². The number of amidine groups is 1. The van der Waals surface area contributed by atoms with Gasteiger partial charge in [0.1, 0.15) is 0 Å². The summed E-state index contributed by atoms with van der Waals surface area (Å²) in [5, 5.41) is 3.37. The van der Waals surface area contributed by atoms with E-state index in [9.17, 15) is 0 Å². The van der Waals surface area contributed by atoms with Crippen LogP contribution in [0.1, 0.15) is 13.8 Å². The third-order valence-corrected chi connectivity index (χ3v) is 0.801. The second kappa shape index (κ2) is 4.03. The van der Waals surface area contributed by atoms with Crippen molar-refractivity contribution in [3.8, 4) is 0 Å². The Morgan fingerprint density at radius 2 is 2.22 bits per heavy atom. The van der Waals surface area contributed by atoms with Gasteiger partial charge in [-0.2, -0.15) is 5.10 Å². The van der Waals surface area contributed by atoms with Gasteiger partial charge in [-0.25, -0.2) is 4.99 Å². The molecule has 0 rings (SSSR count). The smallest absolute Gasteiger partial charge is 0.164 e. The van der Waals surface area contributed by atoms with E-state index in [0.29, 0.717) is 5.84 Å². The lowest BCUT2D eigenvalue weighted by atomic mass is 10.3. The average molecular weight is 128 g/mol. The molecule has 0 fully saturated rings. The number of nitrogens with zero attached hydrogens (tertiary/aromatic N) is 2. The van der Waals surface area contributed by atoms with Gasteiger partial charge >= 0.3 is 0 Å². The van der Waals surface area contributed by atoms with Crippen molar-refractivity contribution in [3.63, 3.8) is 0 Å². The molecule has 0 aliphatic heterocycles. The zero-order chi connectivity index (χ0) is 7.28. The minimum absolute atomic E-state index is 0.189. The van der Waals surface area contributed by atoms with Crippen LogP contribution in [0, 0.1) is 0 Å². The molecular formula is C5H12N4. The molecule has 0 bridgehead atoms. The van der Waals surface area contributed by atoms with Crippen molar-refractivity contribution >= 4 is 12.1 Å². The van der Waals surface area contributed by atoms with Gasteiger partial charge in [0.15, 0.2) is 5.84 Å². The summed E-state index contributed by atoms with van der Waals surface area (Å²) < 4.78 is 0. The van der Waals surface area contributed by atoms with Crippen LogP contribution < -0.4 is 11.6 Å². The minimum atomic E-state index is -0.189. The van der Waals surface area contributed by atoms with Gasteiger partial charge in [-0.15, -0.1) is 0 Å². The molecule has 0 saturated carbocycles. The molecule has 1 atom stereocenters. The summed E-state index contributed by atoms with van der Waals surface area (Å²) in [5.41, 5.74) is 5.41. The summed E-state index contributed by atoms with van der Waals surface area (Å²) in [6.45, 7) is 3.56. The lowest BCUT2D eigenvalue weighted by molar-refractivity contribution is 0.947. The highest BCUT2D eigenvalue weighted by Gasteiger charge is 1.99. The molecule has 52 valence electrons. The van der Waals surface area contributed by atoms with Gasteiger partial charge in [-0.1, -0.05) is 0 Å². The molecule has 0 radical (unpaired) electrons. The normalized spacial score (nSPS) is 16.6. The number of nitrogens with two attached hydrogens (primary N) is 2. The Morgan fingerprint density at radius 3 is 2.33 bits per heavy atom. The van der Waals surface area contributed by atoms with Crippen LogP contribution in [0.2, 0.25) is 0 Å². The maximum atomic E-state index is 5.41. The Bertz CT molecular complexity index is 125. The molecule has 0 aromatic carbocycles. The predicted molar refractivity (Wildman–Crippen MR) is 39.4 cm³/mol. The molecule has 0 spiro atoms. The average Bonchev–Trinajstić information content (AvgIpc) is 1.82. The molecule has 4 N–H and O–H groups in total. The van der Waals surface area contributed by atoms with Crippen LogP contribution in [0.25, 0.3) is 0 Å². The summed E-state index contributed by atoms with van der Waals surface area (Å²) in [5.74, 6) is 5.42. The van der Waals surface area contributed by atoms with E-state index in [0.717, 1.165) is 0 Å². The number of hydrogen-bond donors (Lipinski definition) is 2. The van der Waals surface area contributed by atoms with Crippen LogP contribution in [0.3, 0.4) is 0 Å². The number of hydrazone groups is 1. The molecule has 0 aromatic heterocycles. The molecule has 0 heterocycles. The minimum Gasteiger partial charge on any atom is -0.322 e. The van der Waals surface area contributed by atoms with E-state index >= 15 is 0 Å². The van der Waals surface area contributed by atoms with Gasteiger partial charge in [-0.3, -0.25) is 0 Å². The zero-order valence-electron chi connectivity index (χ0n) is 5.70. The summed E-state index contributed by atoms with van der Waals surface area (Å²) in [4.78, 5) is 3.82. The molecule has 0 aliphatic carbocycles. The van der Waals surface area contributed by atoms with E-state index < -0.39 is 0 Å². The Kier molecular flexibility index (Phi) is 3.62. The van der Waals surface area contributed by atoms with Crippen molar-refractivity contribution in [2.24, 2.45) is 21.7 Å². The van der Waals surface area contributed by atoms with E-state index in [-0.39, 0.29) is 6.04 Å². The first-order chi connectivity index (χ1) is 4.22.